The number of benzene rings is 2. The molecule has 5 nitrogen and oxygen atoms in total. The summed E-state index contributed by atoms with van der Waals surface area (Å²) in [6.45, 7) is 0. The molecule has 0 spiro atoms. The van der Waals surface area contributed by atoms with Crippen LogP contribution in [-0.4, -0.2) is 19.8 Å². The van der Waals surface area contributed by atoms with Gasteiger partial charge in [0.2, 0.25) is 0 Å². The monoisotopic (exact) mass is 383 g/mol. The van der Waals surface area contributed by atoms with Crippen molar-refractivity contribution in [3.63, 3.8) is 0 Å². The molecule has 6 unspecified atom stereocenters. The van der Waals surface area contributed by atoms with E-state index in [1.54, 1.807) is 18.2 Å². The zero-order valence-corrected chi connectivity index (χ0v) is 15.5. The number of nitrogens with one attached hydrogen (secondary N) is 1. The highest BCUT2D eigenvalue weighted by molar-refractivity contribution is 7.79. The third kappa shape index (κ3) is 2.62. The average Bonchev–Trinajstić information content (AvgIpc) is 3.29. The van der Waals surface area contributed by atoms with Crippen LogP contribution in [0, 0.1) is 17.8 Å². The molecule has 0 aromatic heterocycles. The lowest BCUT2D eigenvalue weighted by Crippen LogP contribution is -2.35. The second kappa shape index (κ2) is 6.17. The third-order valence-electron chi connectivity index (χ3n) is 6.75. The lowest BCUT2D eigenvalue weighted by Gasteiger charge is -2.43. The number of carboxylic acid groups (broad SMARTS) is 1. The summed E-state index contributed by atoms with van der Waals surface area (Å²) < 4.78 is 21.1. The predicted molar refractivity (Wildman–Crippen MR) is 102 cm³/mol. The number of fused-ring (bicyclic) bond motifs is 7. The van der Waals surface area contributed by atoms with Crippen molar-refractivity contribution >= 4 is 22.7 Å². The van der Waals surface area contributed by atoms with E-state index < -0.39 is 17.0 Å². The summed E-state index contributed by atoms with van der Waals surface area (Å²) in [4.78, 5) is 11.9. The van der Waals surface area contributed by atoms with Crippen molar-refractivity contribution in [3.8, 4) is 0 Å². The van der Waals surface area contributed by atoms with Crippen molar-refractivity contribution in [3.05, 3.63) is 59.2 Å². The Kier molecular flexibility index (Phi) is 3.88. The van der Waals surface area contributed by atoms with E-state index in [1.165, 1.54) is 19.3 Å². The standard InChI is InChI=1S/C21H21NO4S/c23-21(24)14-3-1-2-13(9-14)20-19-12-5-4-11(8-12)18(19)16-10-15(27(25)26)6-7-17(16)22-20/h1-3,6-7,9-12,18-20,22H,4-5,8H2,(H,23,24)(H,25,26). The molecule has 1 heterocycles. The van der Waals surface area contributed by atoms with Crippen molar-refractivity contribution in [1.82, 2.24) is 0 Å². The molecule has 0 amide bonds. The molecule has 2 aromatic rings. The highest BCUT2D eigenvalue weighted by atomic mass is 32.2. The summed E-state index contributed by atoms with van der Waals surface area (Å²) in [5.41, 5.74) is 3.48. The second-order valence-corrected chi connectivity index (χ2v) is 8.96. The molecular formula is C21H21NO4S. The van der Waals surface area contributed by atoms with E-state index in [9.17, 15) is 18.7 Å². The Morgan fingerprint density at radius 2 is 1.93 bits per heavy atom. The fourth-order valence-corrected chi connectivity index (χ4v) is 6.18. The van der Waals surface area contributed by atoms with Crippen LogP contribution in [0.3, 0.4) is 0 Å². The third-order valence-corrected chi connectivity index (χ3v) is 7.41. The highest BCUT2D eigenvalue weighted by Gasteiger charge is 2.53. The Morgan fingerprint density at radius 3 is 2.70 bits per heavy atom. The molecule has 5 rings (SSSR count). The summed E-state index contributed by atoms with van der Waals surface area (Å²) in [6.07, 6.45) is 3.61. The van der Waals surface area contributed by atoms with Gasteiger partial charge in [-0.3, -0.25) is 0 Å². The maximum atomic E-state index is 11.6. The Balaban J connectivity index is 1.62. The van der Waals surface area contributed by atoms with Crippen LogP contribution in [0.15, 0.2) is 47.4 Å². The van der Waals surface area contributed by atoms with Gasteiger partial charge in [-0.25, -0.2) is 9.00 Å². The lowest BCUT2D eigenvalue weighted by molar-refractivity contribution is 0.0696. The first kappa shape index (κ1) is 17.0. The highest BCUT2D eigenvalue weighted by Crippen LogP contribution is 2.63. The summed E-state index contributed by atoms with van der Waals surface area (Å²) in [7, 11) is 0. The van der Waals surface area contributed by atoms with Crippen LogP contribution in [0.5, 0.6) is 0 Å². The number of carbonyl (C=O) groups is 1. The molecule has 6 atom stereocenters. The Labute approximate surface area is 160 Å². The van der Waals surface area contributed by atoms with Gasteiger partial charge in [-0.2, -0.15) is 0 Å². The minimum absolute atomic E-state index is 0.0718. The van der Waals surface area contributed by atoms with Gasteiger partial charge in [-0.05, 0) is 84.4 Å². The number of hydrogen-bond acceptors (Lipinski definition) is 3. The smallest absolute Gasteiger partial charge is 0.335 e. The van der Waals surface area contributed by atoms with Crippen molar-refractivity contribution in [2.75, 3.05) is 5.32 Å². The van der Waals surface area contributed by atoms with Crippen LogP contribution >= 0.6 is 0 Å². The van der Waals surface area contributed by atoms with Gasteiger partial charge in [0.15, 0.2) is 11.1 Å². The predicted octanol–water partition coefficient (Wildman–Crippen LogP) is 4.26. The molecule has 2 aliphatic carbocycles. The molecule has 140 valence electrons. The van der Waals surface area contributed by atoms with Gasteiger partial charge in [-0.1, -0.05) is 12.1 Å². The molecule has 2 saturated carbocycles. The van der Waals surface area contributed by atoms with Crippen molar-refractivity contribution in [1.29, 1.82) is 0 Å². The van der Waals surface area contributed by atoms with Gasteiger partial charge in [0.05, 0.1) is 16.5 Å². The lowest BCUT2D eigenvalue weighted by atomic mass is 9.68. The summed E-state index contributed by atoms with van der Waals surface area (Å²) in [5, 5.41) is 13.0. The van der Waals surface area contributed by atoms with E-state index in [0.717, 1.165) is 16.8 Å². The maximum absolute atomic E-state index is 11.6. The molecule has 6 heteroatoms. The maximum Gasteiger partial charge on any atom is 0.335 e. The molecule has 3 N–H and O–H groups in total. The van der Waals surface area contributed by atoms with Gasteiger partial charge in [-0.15, -0.1) is 0 Å². The first-order chi connectivity index (χ1) is 13.0. The topological polar surface area (TPSA) is 86.6 Å². The number of anilines is 1. The first-order valence-electron chi connectivity index (χ1n) is 9.37. The number of hydrogen-bond donors (Lipinski definition) is 3. The molecule has 1 aliphatic heterocycles. The Bertz CT molecular complexity index is 959. The van der Waals surface area contributed by atoms with E-state index in [0.29, 0.717) is 34.1 Å². The van der Waals surface area contributed by atoms with Gasteiger partial charge in [0, 0.05) is 5.69 Å². The molecular weight excluding hydrogens is 362 g/mol. The number of carboxylic acids is 1. The Hall–Kier alpha value is -2.18. The average molecular weight is 383 g/mol. The van der Waals surface area contributed by atoms with Gasteiger partial charge < -0.3 is 15.0 Å². The minimum Gasteiger partial charge on any atom is -0.478 e. The first-order valence-corrected chi connectivity index (χ1v) is 10.5. The summed E-state index contributed by atoms with van der Waals surface area (Å²) in [6, 6.07) is 12.8. The fourth-order valence-electron chi connectivity index (χ4n) is 5.77. The van der Waals surface area contributed by atoms with Crippen LogP contribution in [0.2, 0.25) is 0 Å². The van der Waals surface area contributed by atoms with Crippen LogP contribution in [0.1, 0.15) is 52.7 Å². The van der Waals surface area contributed by atoms with Gasteiger partial charge in [0.1, 0.15) is 0 Å². The fraction of sp³-hybridized carbons (Fsp3) is 0.381. The molecule has 2 bridgehead atoms. The molecule has 0 radical (unpaired) electrons. The molecule has 2 fully saturated rings. The molecule has 0 saturated heterocycles. The van der Waals surface area contributed by atoms with Crippen LogP contribution in [0.4, 0.5) is 5.69 Å². The Morgan fingerprint density at radius 1 is 1.11 bits per heavy atom. The van der Waals surface area contributed by atoms with Gasteiger partial charge in [0.25, 0.3) is 0 Å². The second-order valence-electron chi connectivity index (χ2n) is 7.99. The van der Waals surface area contributed by atoms with E-state index in [1.807, 2.05) is 24.3 Å². The molecule has 2 aromatic carbocycles. The number of aromatic carboxylic acids is 1. The van der Waals surface area contributed by atoms with E-state index in [2.05, 4.69) is 5.32 Å². The van der Waals surface area contributed by atoms with Gasteiger partial charge >= 0.3 is 5.97 Å². The van der Waals surface area contributed by atoms with E-state index in [4.69, 9.17) is 0 Å². The van der Waals surface area contributed by atoms with E-state index in [-0.39, 0.29) is 6.04 Å². The van der Waals surface area contributed by atoms with Crippen molar-refractivity contribution in [2.45, 2.75) is 36.1 Å². The molecule has 27 heavy (non-hydrogen) atoms. The van der Waals surface area contributed by atoms with Crippen LogP contribution in [0.25, 0.3) is 0 Å². The van der Waals surface area contributed by atoms with Crippen molar-refractivity contribution in [2.24, 2.45) is 17.8 Å². The SMILES string of the molecule is O=C(O)c1cccc(C2Nc3ccc(S(=O)O)cc3C3C4CCC(C4)C23)c1. The summed E-state index contributed by atoms with van der Waals surface area (Å²) >= 11 is -1.98. The zero-order chi connectivity index (χ0) is 18.7. The largest absolute Gasteiger partial charge is 0.478 e. The minimum atomic E-state index is -1.98. The normalized spacial score (nSPS) is 31.7. The van der Waals surface area contributed by atoms with E-state index >= 15 is 0 Å². The van der Waals surface area contributed by atoms with Crippen molar-refractivity contribution < 1.29 is 18.7 Å². The van der Waals surface area contributed by atoms with Crippen LogP contribution in [-0.2, 0) is 11.1 Å². The zero-order valence-electron chi connectivity index (χ0n) is 14.7. The van der Waals surface area contributed by atoms with Crippen LogP contribution < -0.4 is 5.32 Å². The quantitative estimate of drug-likeness (QED) is 0.690. The summed E-state index contributed by atoms with van der Waals surface area (Å²) in [5.74, 6) is 1.06. The molecule has 3 aliphatic rings. The number of rotatable bonds is 3.